The molecule has 1 atom stereocenters. The van der Waals surface area contributed by atoms with E-state index in [1.54, 1.807) is 12.5 Å². The molecule has 1 fully saturated rings. The number of rotatable bonds is 6. The molecule has 1 saturated heterocycles. The van der Waals surface area contributed by atoms with E-state index in [1.807, 2.05) is 60.6 Å². The van der Waals surface area contributed by atoms with Crippen LogP contribution < -0.4 is 4.90 Å². The van der Waals surface area contributed by atoms with Crippen LogP contribution in [-0.2, 0) is 11.2 Å². The lowest BCUT2D eigenvalue weighted by molar-refractivity contribution is -0.123. The number of nitrogens with zero attached hydrogens (tertiary/aromatic N) is 6. The summed E-state index contributed by atoms with van der Waals surface area (Å²) in [6, 6.07) is 10.0. The fraction of sp³-hybridized carbons (Fsp3) is 0.393. The second kappa shape index (κ2) is 9.76. The molecule has 36 heavy (non-hydrogen) atoms. The van der Waals surface area contributed by atoms with E-state index in [4.69, 9.17) is 4.98 Å². The third-order valence-corrected chi connectivity index (χ3v) is 6.99. The fourth-order valence-corrected chi connectivity index (χ4v) is 4.91. The highest BCUT2D eigenvalue weighted by Gasteiger charge is 2.28. The van der Waals surface area contributed by atoms with Gasteiger partial charge in [-0.05, 0) is 69.4 Å². The Bertz CT molecular complexity index is 1410. The summed E-state index contributed by atoms with van der Waals surface area (Å²) >= 11 is 0. The van der Waals surface area contributed by atoms with E-state index in [0.29, 0.717) is 29.1 Å². The molecule has 0 saturated carbocycles. The minimum absolute atomic E-state index is 0.120. The van der Waals surface area contributed by atoms with Crippen molar-refractivity contribution in [2.75, 3.05) is 11.4 Å². The Kier molecular flexibility index (Phi) is 6.51. The molecule has 0 spiro atoms. The van der Waals surface area contributed by atoms with E-state index in [9.17, 15) is 9.18 Å². The van der Waals surface area contributed by atoms with Crippen LogP contribution in [0.25, 0.3) is 22.4 Å². The maximum absolute atomic E-state index is 14.8. The smallest absolute Gasteiger partial charge is 0.241 e. The van der Waals surface area contributed by atoms with Gasteiger partial charge < -0.3 is 9.47 Å². The third kappa shape index (κ3) is 4.47. The zero-order valence-electron chi connectivity index (χ0n) is 21.2. The summed E-state index contributed by atoms with van der Waals surface area (Å²) in [6.45, 7) is 8.80. The molecule has 186 valence electrons. The van der Waals surface area contributed by atoms with Gasteiger partial charge in [-0.2, -0.15) is 4.39 Å². The average molecular weight is 487 g/mol. The number of imidazole rings is 1. The molecule has 1 aliphatic heterocycles. The number of piperidine rings is 1. The molecule has 0 radical (unpaired) electrons. The van der Waals surface area contributed by atoms with Crippen molar-refractivity contribution in [2.24, 2.45) is 5.92 Å². The van der Waals surface area contributed by atoms with Crippen molar-refractivity contribution in [3.8, 4) is 11.4 Å². The first-order valence-corrected chi connectivity index (χ1v) is 12.6. The third-order valence-electron chi connectivity index (χ3n) is 6.99. The highest BCUT2D eigenvalue weighted by Crippen LogP contribution is 2.28. The Balaban J connectivity index is 1.41. The van der Waals surface area contributed by atoms with Gasteiger partial charge in [-0.3, -0.25) is 4.79 Å². The van der Waals surface area contributed by atoms with E-state index < -0.39 is 5.95 Å². The normalized spacial score (nSPS) is 16.3. The van der Waals surface area contributed by atoms with Gasteiger partial charge in [0.1, 0.15) is 11.3 Å². The van der Waals surface area contributed by atoms with Crippen molar-refractivity contribution in [3.05, 3.63) is 65.8 Å². The number of halogens is 1. The second-order valence-corrected chi connectivity index (χ2v) is 9.81. The molecule has 0 aliphatic carbocycles. The van der Waals surface area contributed by atoms with E-state index in [0.717, 1.165) is 42.6 Å². The second-order valence-electron chi connectivity index (χ2n) is 9.81. The molecule has 1 aromatic carbocycles. The van der Waals surface area contributed by atoms with Crippen molar-refractivity contribution in [2.45, 2.75) is 59.4 Å². The molecule has 1 unspecified atom stereocenters. The summed E-state index contributed by atoms with van der Waals surface area (Å²) in [5, 5.41) is 0. The van der Waals surface area contributed by atoms with Gasteiger partial charge in [-0.25, -0.2) is 19.9 Å². The van der Waals surface area contributed by atoms with Gasteiger partial charge in [0.2, 0.25) is 11.9 Å². The number of amides is 1. The van der Waals surface area contributed by atoms with Crippen molar-refractivity contribution in [3.63, 3.8) is 0 Å². The fourth-order valence-electron chi connectivity index (χ4n) is 4.91. The van der Waals surface area contributed by atoms with Gasteiger partial charge in [-0.15, -0.1) is 0 Å². The number of anilines is 1. The molecule has 4 heterocycles. The number of fused-ring (bicyclic) bond motifs is 1. The minimum atomic E-state index is -0.602. The van der Waals surface area contributed by atoms with Gasteiger partial charge in [0.05, 0.1) is 23.2 Å². The van der Waals surface area contributed by atoms with E-state index in [-0.39, 0.29) is 23.4 Å². The Morgan fingerprint density at radius 1 is 1.14 bits per heavy atom. The molecule has 1 aliphatic rings. The first-order chi connectivity index (χ1) is 17.4. The summed E-state index contributed by atoms with van der Waals surface area (Å²) < 4.78 is 16.7. The molecule has 0 bridgehead atoms. The van der Waals surface area contributed by atoms with Crippen LogP contribution in [0.3, 0.4) is 0 Å². The van der Waals surface area contributed by atoms with E-state index in [1.165, 1.54) is 0 Å². The van der Waals surface area contributed by atoms with Crippen molar-refractivity contribution in [1.29, 1.82) is 0 Å². The van der Waals surface area contributed by atoms with Crippen LogP contribution >= 0.6 is 0 Å². The topological polar surface area (TPSA) is 76.8 Å². The maximum Gasteiger partial charge on any atom is 0.241 e. The van der Waals surface area contributed by atoms with Crippen LogP contribution in [0.1, 0.15) is 63.0 Å². The molecule has 4 aromatic rings. The van der Waals surface area contributed by atoms with Crippen LogP contribution in [0, 0.1) is 18.8 Å². The number of hydrogen-bond donors (Lipinski definition) is 0. The average Bonchev–Trinajstić information content (AvgIpc) is 3.31. The first-order valence-electron chi connectivity index (χ1n) is 12.6. The molecule has 3 aromatic heterocycles. The summed E-state index contributed by atoms with van der Waals surface area (Å²) in [6.07, 6.45) is 6.81. The summed E-state index contributed by atoms with van der Waals surface area (Å²) in [5.74, 6) is 0.367. The van der Waals surface area contributed by atoms with Crippen LogP contribution in [0.5, 0.6) is 0 Å². The number of carbonyl (C=O) groups is 1. The lowest BCUT2D eigenvalue weighted by Gasteiger charge is -2.32. The largest absolute Gasteiger partial charge is 0.328 e. The Morgan fingerprint density at radius 3 is 2.64 bits per heavy atom. The lowest BCUT2D eigenvalue weighted by atomic mass is 9.94. The monoisotopic (exact) mass is 486 g/mol. The summed E-state index contributed by atoms with van der Waals surface area (Å²) in [5.41, 5.74) is 4.83. The lowest BCUT2D eigenvalue weighted by Crippen LogP contribution is -2.41. The van der Waals surface area contributed by atoms with E-state index in [2.05, 4.69) is 21.9 Å². The Hall–Kier alpha value is -3.68. The number of benzene rings is 1. The van der Waals surface area contributed by atoms with Gasteiger partial charge >= 0.3 is 0 Å². The molecule has 5 rings (SSSR count). The maximum atomic E-state index is 14.8. The van der Waals surface area contributed by atoms with Gasteiger partial charge in [0.15, 0.2) is 0 Å². The Morgan fingerprint density at radius 2 is 1.92 bits per heavy atom. The number of pyridine rings is 1. The highest BCUT2D eigenvalue weighted by atomic mass is 19.1. The molecule has 0 N–H and O–H groups in total. The van der Waals surface area contributed by atoms with E-state index >= 15 is 0 Å². The number of carbonyl (C=O) groups excluding carboxylic acids is 1. The zero-order chi connectivity index (χ0) is 25.4. The predicted octanol–water partition coefficient (Wildman–Crippen LogP) is 5.66. The molecule has 1 amide bonds. The first kappa shape index (κ1) is 24.0. The van der Waals surface area contributed by atoms with Gasteiger partial charge in [0.25, 0.3) is 0 Å². The SMILES string of the molecule is CCC1CCCN(c2ccc(Cc3ncc(C)c(-c4cc5c(ncn5C(C)C)c(F)n4)n3)cc2)C1=O. The summed E-state index contributed by atoms with van der Waals surface area (Å²) in [4.78, 5) is 32.3. The highest BCUT2D eigenvalue weighted by molar-refractivity contribution is 5.95. The van der Waals surface area contributed by atoms with Gasteiger partial charge in [0, 0.05) is 36.8 Å². The molecular weight excluding hydrogens is 455 g/mol. The van der Waals surface area contributed by atoms with Crippen LogP contribution in [0.15, 0.2) is 42.9 Å². The quantitative estimate of drug-likeness (QED) is 0.329. The molecule has 8 heteroatoms. The summed E-state index contributed by atoms with van der Waals surface area (Å²) in [7, 11) is 0. The zero-order valence-corrected chi connectivity index (χ0v) is 21.2. The van der Waals surface area contributed by atoms with Crippen LogP contribution in [0.2, 0.25) is 0 Å². The standard InChI is InChI=1S/C28H31FN6O/c1-5-20-7-6-12-34(28(20)36)21-10-8-19(9-11-21)13-24-30-15-18(4)25(33-24)22-14-23-26(27(29)32-22)31-16-35(23)17(2)3/h8-11,14-17,20H,5-7,12-13H2,1-4H3. The van der Waals surface area contributed by atoms with Crippen molar-refractivity contribution in [1.82, 2.24) is 24.5 Å². The minimum Gasteiger partial charge on any atom is -0.328 e. The predicted molar refractivity (Wildman–Crippen MR) is 138 cm³/mol. The van der Waals surface area contributed by atoms with Crippen LogP contribution in [-0.4, -0.2) is 37.0 Å². The number of aromatic nitrogens is 5. The van der Waals surface area contributed by atoms with Gasteiger partial charge in [-0.1, -0.05) is 19.1 Å². The number of hydrogen-bond acceptors (Lipinski definition) is 5. The van der Waals surface area contributed by atoms with Crippen molar-refractivity contribution < 1.29 is 9.18 Å². The molecule has 7 nitrogen and oxygen atoms in total. The van der Waals surface area contributed by atoms with Crippen molar-refractivity contribution >= 4 is 22.6 Å². The molecular formula is C28H31FN6O. The number of aryl methyl sites for hydroxylation is 1. The van der Waals surface area contributed by atoms with Crippen LogP contribution in [0.4, 0.5) is 10.1 Å². The Labute approximate surface area is 210 Å².